The monoisotopic (exact) mass is 343 g/mol. The molecule has 0 fully saturated rings. The lowest BCUT2D eigenvalue weighted by atomic mass is 10.2. The Morgan fingerprint density at radius 3 is 2.80 bits per heavy atom. The number of nitrogens with two attached hydrogens (primary N) is 1. The van der Waals surface area contributed by atoms with Crippen molar-refractivity contribution in [3.05, 3.63) is 52.3 Å². The standard InChI is InChI=1S/C12H8BrF2N3O2/c13-6-3-8(14)11(15)9(4-6)20-10-5-17-2-1-7(10)12(16)18-19/h1-5,19H,(H2,16,18). The zero-order valence-electron chi connectivity index (χ0n) is 9.85. The molecule has 0 unspecified atom stereocenters. The van der Waals surface area contributed by atoms with Crippen LogP contribution >= 0.6 is 15.9 Å². The first-order chi connectivity index (χ1) is 9.52. The van der Waals surface area contributed by atoms with Gasteiger partial charge in [-0.05, 0) is 18.2 Å². The third-order valence-electron chi connectivity index (χ3n) is 2.35. The fourth-order valence-electron chi connectivity index (χ4n) is 1.45. The van der Waals surface area contributed by atoms with E-state index in [0.717, 1.165) is 6.07 Å². The maximum atomic E-state index is 13.6. The van der Waals surface area contributed by atoms with Gasteiger partial charge in [0.1, 0.15) is 0 Å². The summed E-state index contributed by atoms with van der Waals surface area (Å²) < 4.78 is 32.5. The average molecular weight is 344 g/mol. The molecule has 1 heterocycles. The van der Waals surface area contributed by atoms with Crippen molar-refractivity contribution in [2.45, 2.75) is 0 Å². The topological polar surface area (TPSA) is 80.7 Å². The molecule has 1 aromatic heterocycles. The van der Waals surface area contributed by atoms with Gasteiger partial charge in [0.05, 0.1) is 11.8 Å². The van der Waals surface area contributed by atoms with Crippen molar-refractivity contribution in [2.24, 2.45) is 10.9 Å². The summed E-state index contributed by atoms with van der Waals surface area (Å²) in [6.45, 7) is 0. The minimum atomic E-state index is -1.15. The molecule has 0 atom stereocenters. The SMILES string of the molecule is N/C(=N/O)c1ccncc1Oc1cc(Br)cc(F)c1F. The van der Waals surface area contributed by atoms with Gasteiger partial charge in [0, 0.05) is 10.7 Å². The average Bonchev–Trinajstić information content (AvgIpc) is 2.44. The molecular weight excluding hydrogens is 336 g/mol. The van der Waals surface area contributed by atoms with Crippen molar-refractivity contribution in [3.8, 4) is 11.5 Å². The van der Waals surface area contributed by atoms with Gasteiger partial charge in [-0.15, -0.1) is 0 Å². The number of oxime groups is 1. The van der Waals surface area contributed by atoms with E-state index in [4.69, 9.17) is 15.7 Å². The van der Waals surface area contributed by atoms with Crippen molar-refractivity contribution in [1.29, 1.82) is 0 Å². The molecule has 0 radical (unpaired) electrons. The highest BCUT2D eigenvalue weighted by atomic mass is 79.9. The van der Waals surface area contributed by atoms with Crippen molar-refractivity contribution in [2.75, 3.05) is 0 Å². The van der Waals surface area contributed by atoms with E-state index in [1.54, 1.807) is 0 Å². The van der Waals surface area contributed by atoms with E-state index >= 15 is 0 Å². The lowest BCUT2D eigenvalue weighted by Crippen LogP contribution is -2.14. The second-order valence-electron chi connectivity index (χ2n) is 3.66. The molecule has 0 saturated carbocycles. The van der Waals surface area contributed by atoms with E-state index in [0.29, 0.717) is 4.47 Å². The van der Waals surface area contributed by atoms with E-state index in [9.17, 15) is 8.78 Å². The number of pyridine rings is 1. The molecule has 2 rings (SSSR count). The van der Waals surface area contributed by atoms with Crippen LogP contribution in [0, 0.1) is 11.6 Å². The number of amidine groups is 1. The third-order valence-corrected chi connectivity index (χ3v) is 2.81. The van der Waals surface area contributed by atoms with E-state index in [1.165, 1.54) is 24.5 Å². The van der Waals surface area contributed by atoms with Gasteiger partial charge in [0.15, 0.2) is 23.2 Å². The molecule has 0 spiro atoms. The molecule has 1 aromatic carbocycles. The molecule has 8 heteroatoms. The van der Waals surface area contributed by atoms with Gasteiger partial charge >= 0.3 is 0 Å². The third kappa shape index (κ3) is 2.85. The molecule has 0 bridgehead atoms. The first-order valence-electron chi connectivity index (χ1n) is 5.27. The summed E-state index contributed by atoms with van der Waals surface area (Å²) in [5.74, 6) is -2.78. The van der Waals surface area contributed by atoms with Crippen LogP contribution in [0.2, 0.25) is 0 Å². The zero-order valence-corrected chi connectivity index (χ0v) is 11.4. The molecule has 5 nitrogen and oxygen atoms in total. The Morgan fingerprint density at radius 2 is 2.10 bits per heavy atom. The summed E-state index contributed by atoms with van der Waals surface area (Å²) in [4.78, 5) is 3.79. The van der Waals surface area contributed by atoms with Crippen LogP contribution in [0.3, 0.4) is 0 Å². The number of rotatable bonds is 3. The Balaban J connectivity index is 2.46. The molecule has 0 amide bonds. The minimum absolute atomic E-state index is 0.0270. The number of aromatic nitrogens is 1. The number of halogens is 3. The van der Waals surface area contributed by atoms with Crippen molar-refractivity contribution >= 4 is 21.8 Å². The molecule has 0 saturated heterocycles. The van der Waals surface area contributed by atoms with Crippen LogP contribution in [0.25, 0.3) is 0 Å². The van der Waals surface area contributed by atoms with Crippen LogP contribution < -0.4 is 10.5 Å². The van der Waals surface area contributed by atoms with E-state index in [1.807, 2.05) is 0 Å². The first-order valence-corrected chi connectivity index (χ1v) is 6.06. The van der Waals surface area contributed by atoms with Crippen molar-refractivity contribution in [3.63, 3.8) is 0 Å². The predicted octanol–water partition coefficient (Wildman–Crippen LogP) is 3.01. The van der Waals surface area contributed by atoms with Crippen LogP contribution in [0.1, 0.15) is 5.56 Å². The normalized spacial score (nSPS) is 11.4. The van der Waals surface area contributed by atoms with Gasteiger partial charge < -0.3 is 15.7 Å². The van der Waals surface area contributed by atoms with E-state index < -0.39 is 11.6 Å². The summed E-state index contributed by atoms with van der Waals surface area (Å²) >= 11 is 3.03. The maximum absolute atomic E-state index is 13.6. The highest BCUT2D eigenvalue weighted by molar-refractivity contribution is 9.10. The highest BCUT2D eigenvalue weighted by Gasteiger charge is 2.15. The molecule has 0 aliphatic rings. The molecule has 0 aliphatic heterocycles. The van der Waals surface area contributed by atoms with Gasteiger partial charge in [-0.3, -0.25) is 4.98 Å². The lowest BCUT2D eigenvalue weighted by molar-refractivity contribution is 0.318. The number of hydrogen-bond acceptors (Lipinski definition) is 4. The van der Waals surface area contributed by atoms with Crippen molar-refractivity contribution in [1.82, 2.24) is 4.98 Å². The summed E-state index contributed by atoms with van der Waals surface area (Å²) in [6.07, 6.45) is 2.63. The van der Waals surface area contributed by atoms with Crippen LogP contribution in [0.15, 0.2) is 40.2 Å². The zero-order chi connectivity index (χ0) is 14.7. The smallest absolute Gasteiger partial charge is 0.201 e. The molecule has 104 valence electrons. The number of hydrogen-bond donors (Lipinski definition) is 2. The molecule has 2 aromatic rings. The van der Waals surface area contributed by atoms with Gasteiger partial charge in [0.2, 0.25) is 5.82 Å². The largest absolute Gasteiger partial charge is 0.452 e. The number of benzene rings is 1. The van der Waals surface area contributed by atoms with Gasteiger partial charge in [-0.25, -0.2) is 4.39 Å². The predicted molar refractivity (Wildman–Crippen MR) is 70.9 cm³/mol. The number of ether oxygens (including phenoxy) is 1. The summed E-state index contributed by atoms with van der Waals surface area (Å²) in [6, 6.07) is 3.63. The van der Waals surface area contributed by atoms with Crippen LogP contribution in [-0.2, 0) is 0 Å². The minimum Gasteiger partial charge on any atom is -0.452 e. The lowest BCUT2D eigenvalue weighted by Gasteiger charge is -2.10. The Bertz CT molecular complexity index is 680. The maximum Gasteiger partial charge on any atom is 0.201 e. The second kappa shape index (κ2) is 5.83. The Labute approximate surface area is 120 Å². The Hall–Kier alpha value is -2.22. The second-order valence-corrected chi connectivity index (χ2v) is 4.57. The summed E-state index contributed by atoms with van der Waals surface area (Å²) in [7, 11) is 0. The molecule has 0 aliphatic carbocycles. The highest BCUT2D eigenvalue weighted by Crippen LogP contribution is 2.30. The van der Waals surface area contributed by atoms with E-state index in [2.05, 4.69) is 26.1 Å². The van der Waals surface area contributed by atoms with Crippen LogP contribution in [-0.4, -0.2) is 16.0 Å². The Morgan fingerprint density at radius 1 is 1.35 bits per heavy atom. The van der Waals surface area contributed by atoms with E-state index in [-0.39, 0.29) is 22.9 Å². The van der Waals surface area contributed by atoms with Gasteiger partial charge in [0.25, 0.3) is 0 Å². The van der Waals surface area contributed by atoms with Crippen LogP contribution in [0.5, 0.6) is 11.5 Å². The fourth-order valence-corrected chi connectivity index (χ4v) is 1.86. The van der Waals surface area contributed by atoms with Gasteiger partial charge in [-0.2, -0.15) is 4.39 Å². The fraction of sp³-hybridized carbons (Fsp3) is 0. The summed E-state index contributed by atoms with van der Waals surface area (Å²) in [5, 5.41) is 11.5. The molecule has 3 N–H and O–H groups in total. The number of nitrogens with zero attached hydrogens (tertiary/aromatic N) is 2. The van der Waals surface area contributed by atoms with Crippen LogP contribution in [0.4, 0.5) is 8.78 Å². The first kappa shape index (κ1) is 14.2. The van der Waals surface area contributed by atoms with Crippen molar-refractivity contribution < 1.29 is 18.7 Å². The summed E-state index contributed by atoms with van der Waals surface area (Å²) in [5.41, 5.74) is 5.66. The van der Waals surface area contributed by atoms with Gasteiger partial charge in [-0.1, -0.05) is 21.1 Å². The Kier molecular flexibility index (Phi) is 4.14. The molecular formula is C12H8BrF2N3O2. The quantitative estimate of drug-likeness (QED) is 0.295. The molecule has 20 heavy (non-hydrogen) atoms.